The predicted octanol–water partition coefficient (Wildman–Crippen LogP) is 3.71. The molecule has 2 nitrogen and oxygen atoms in total. The maximum Gasteiger partial charge on any atom is 0.128 e. The van der Waals surface area contributed by atoms with Crippen molar-refractivity contribution < 1.29 is 8.78 Å². The lowest BCUT2D eigenvalue weighted by molar-refractivity contribution is 0.277. The molecule has 3 rings (SSSR count). The fraction of sp³-hybridized carbons (Fsp3) is 0.647. The molecule has 2 aliphatic rings. The number of hydrogen-bond donors (Lipinski definition) is 1. The highest BCUT2D eigenvalue weighted by Crippen LogP contribution is 2.29. The number of nitrogens with zero attached hydrogens (tertiary/aromatic N) is 1. The molecule has 1 atom stereocenters. The van der Waals surface area contributed by atoms with E-state index in [0.29, 0.717) is 17.6 Å². The zero-order chi connectivity index (χ0) is 14.7. The average molecular weight is 294 g/mol. The Morgan fingerprint density at radius 2 is 1.67 bits per heavy atom. The first-order valence-electron chi connectivity index (χ1n) is 8.17. The summed E-state index contributed by atoms with van der Waals surface area (Å²) in [6.45, 7) is 2.71. The zero-order valence-electron chi connectivity index (χ0n) is 12.5. The minimum Gasteiger partial charge on any atom is -0.370 e. The lowest BCUT2D eigenvalue weighted by Gasteiger charge is -2.33. The van der Waals surface area contributed by atoms with E-state index in [0.717, 1.165) is 32.1 Å². The standard InChI is InChI=1S/C17H24F2N2/c18-14-9-15(19)11-16(10-14)21-8-4-7-20-17(12-21)13-5-2-1-3-6-13/h9-11,13,17,20H,1-8,12H2. The minimum atomic E-state index is -0.489. The van der Waals surface area contributed by atoms with Crippen molar-refractivity contribution in [1.82, 2.24) is 5.32 Å². The number of halogens is 2. The first kappa shape index (κ1) is 14.8. The van der Waals surface area contributed by atoms with Crippen LogP contribution in [0, 0.1) is 17.6 Å². The normalized spacial score (nSPS) is 24.9. The van der Waals surface area contributed by atoms with Gasteiger partial charge in [0.25, 0.3) is 0 Å². The lowest BCUT2D eigenvalue weighted by atomic mass is 9.83. The molecule has 1 saturated carbocycles. The molecule has 4 heteroatoms. The molecule has 21 heavy (non-hydrogen) atoms. The van der Waals surface area contributed by atoms with E-state index < -0.39 is 11.6 Å². The van der Waals surface area contributed by atoms with E-state index in [9.17, 15) is 8.78 Å². The van der Waals surface area contributed by atoms with Crippen LogP contribution in [-0.4, -0.2) is 25.7 Å². The fourth-order valence-corrected chi connectivity index (χ4v) is 3.76. The Bertz CT molecular complexity index is 452. The predicted molar refractivity (Wildman–Crippen MR) is 81.6 cm³/mol. The largest absolute Gasteiger partial charge is 0.370 e. The van der Waals surface area contributed by atoms with Gasteiger partial charge < -0.3 is 10.2 Å². The van der Waals surface area contributed by atoms with E-state index in [1.807, 2.05) is 0 Å². The van der Waals surface area contributed by atoms with E-state index in [4.69, 9.17) is 0 Å². The van der Waals surface area contributed by atoms with Crippen LogP contribution in [0.15, 0.2) is 18.2 Å². The number of nitrogens with one attached hydrogen (secondary N) is 1. The van der Waals surface area contributed by atoms with Gasteiger partial charge in [-0.15, -0.1) is 0 Å². The van der Waals surface area contributed by atoms with Gasteiger partial charge in [0, 0.05) is 30.9 Å². The molecule has 1 unspecified atom stereocenters. The van der Waals surface area contributed by atoms with Crippen molar-refractivity contribution >= 4 is 5.69 Å². The molecule has 1 heterocycles. The van der Waals surface area contributed by atoms with Crippen LogP contribution in [0.2, 0.25) is 0 Å². The molecule has 0 amide bonds. The Morgan fingerprint density at radius 1 is 0.952 bits per heavy atom. The van der Waals surface area contributed by atoms with Crippen molar-refractivity contribution in [1.29, 1.82) is 0 Å². The summed E-state index contributed by atoms with van der Waals surface area (Å²) in [7, 11) is 0. The van der Waals surface area contributed by atoms with E-state index in [2.05, 4.69) is 10.2 Å². The summed E-state index contributed by atoms with van der Waals surface area (Å²) < 4.78 is 26.9. The molecule has 1 aromatic rings. The second kappa shape index (κ2) is 6.73. The molecule has 1 aliphatic heterocycles. The van der Waals surface area contributed by atoms with Gasteiger partial charge in [-0.3, -0.25) is 0 Å². The summed E-state index contributed by atoms with van der Waals surface area (Å²) in [6.07, 6.45) is 7.56. The second-order valence-electron chi connectivity index (χ2n) is 6.39. The summed E-state index contributed by atoms with van der Waals surface area (Å²) >= 11 is 0. The molecular formula is C17H24F2N2. The fourth-order valence-electron chi connectivity index (χ4n) is 3.76. The third kappa shape index (κ3) is 3.73. The van der Waals surface area contributed by atoms with Gasteiger partial charge in [0.2, 0.25) is 0 Å². The van der Waals surface area contributed by atoms with E-state index in [-0.39, 0.29) is 0 Å². The van der Waals surface area contributed by atoms with Crippen LogP contribution in [0.3, 0.4) is 0 Å². The number of anilines is 1. The molecular weight excluding hydrogens is 270 g/mol. The van der Waals surface area contributed by atoms with E-state index in [1.165, 1.54) is 44.2 Å². The minimum absolute atomic E-state index is 0.444. The van der Waals surface area contributed by atoms with Gasteiger partial charge in [-0.2, -0.15) is 0 Å². The number of rotatable bonds is 2. The van der Waals surface area contributed by atoms with Crippen LogP contribution >= 0.6 is 0 Å². The van der Waals surface area contributed by atoms with Crippen LogP contribution in [0.4, 0.5) is 14.5 Å². The highest BCUT2D eigenvalue weighted by molar-refractivity contribution is 5.47. The van der Waals surface area contributed by atoms with Crippen molar-refractivity contribution in [3.05, 3.63) is 29.8 Å². The molecule has 0 radical (unpaired) electrons. The average Bonchev–Trinajstić information content (AvgIpc) is 2.73. The summed E-state index contributed by atoms with van der Waals surface area (Å²) in [5, 5.41) is 3.65. The Kier molecular flexibility index (Phi) is 4.73. The quantitative estimate of drug-likeness (QED) is 0.894. The highest BCUT2D eigenvalue weighted by Gasteiger charge is 2.27. The number of benzene rings is 1. The maximum absolute atomic E-state index is 13.5. The van der Waals surface area contributed by atoms with Crippen molar-refractivity contribution in [2.45, 2.75) is 44.6 Å². The molecule has 1 aromatic carbocycles. The van der Waals surface area contributed by atoms with E-state index >= 15 is 0 Å². The lowest BCUT2D eigenvalue weighted by Crippen LogP contribution is -2.43. The first-order chi connectivity index (χ1) is 10.2. The molecule has 2 fully saturated rings. The third-order valence-electron chi connectivity index (χ3n) is 4.86. The van der Waals surface area contributed by atoms with Crippen molar-refractivity contribution in [3.8, 4) is 0 Å². The van der Waals surface area contributed by atoms with Gasteiger partial charge in [-0.25, -0.2) is 8.78 Å². The van der Waals surface area contributed by atoms with Crippen LogP contribution in [-0.2, 0) is 0 Å². The SMILES string of the molecule is Fc1cc(F)cc(N2CCCNC(C3CCCCC3)C2)c1. The Balaban J connectivity index is 1.74. The van der Waals surface area contributed by atoms with Gasteiger partial charge in [-0.05, 0) is 43.9 Å². The van der Waals surface area contributed by atoms with Crippen LogP contribution in [0.5, 0.6) is 0 Å². The van der Waals surface area contributed by atoms with Gasteiger partial charge in [0.05, 0.1) is 0 Å². The first-order valence-corrected chi connectivity index (χ1v) is 8.17. The molecule has 0 aromatic heterocycles. The molecule has 0 bridgehead atoms. The summed E-state index contributed by atoms with van der Waals surface area (Å²) in [5.74, 6) is -0.273. The monoisotopic (exact) mass is 294 g/mol. The summed E-state index contributed by atoms with van der Waals surface area (Å²) in [6, 6.07) is 4.29. The van der Waals surface area contributed by atoms with Gasteiger partial charge in [-0.1, -0.05) is 19.3 Å². The van der Waals surface area contributed by atoms with Crippen molar-refractivity contribution in [2.24, 2.45) is 5.92 Å². The van der Waals surface area contributed by atoms with Crippen molar-refractivity contribution in [3.63, 3.8) is 0 Å². The van der Waals surface area contributed by atoms with Gasteiger partial charge in [0.1, 0.15) is 11.6 Å². The zero-order valence-corrected chi connectivity index (χ0v) is 12.5. The molecule has 1 aliphatic carbocycles. The Hall–Kier alpha value is -1.16. The summed E-state index contributed by atoms with van der Waals surface area (Å²) in [4.78, 5) is 2.14. The number of hydrogen-bond acceptors (Lipinski definition) is 2. The highest BCUT2D eigenvalue weighted by atomic mass is 19.1. The molecule has 0 spiro atoms. The van der Waals surface area contributed by atoms with Gasteiger partial charge in [0.15, 0.2) is 0 Å². The topological polar surface area (TPSA) is 15.3 Å². The third-order valence-corrected chi connectivity index (χ3v) is 4.86. The molecule has 116 valence electrons. The van der Waals surface area contributed by atoms with Crippen LogP contribution < -0.4 is 10.2 Å². The van der Waals surface area contributed by atoms with Gasteiger partial charge >= 0.3 is 0 Å². The van der Waals surface area contributed by atoms with Crippen molar-refractivity contribution in [2.75, 3.05) is 24.5 Å². The smallest absolute Gasteiger partial charge is 0.128 e. The Labute approximate surface area is 125 Å². The Morgan fingerprint density at radius 3 is 2.38 bits per heavy atom. The van der Waals surface area contributed by atoms with Crippen LogP contribution in [0.1, 0.15) is 38.5 Å². The summed E-state index contributed by atoms with van der Waals surface area (Å²) in [5.41, 5.74) is 0.678. The molecule has 1 N–H and O–H groups in total. The molecule has 1 saturated heterocycles. The van der Waals surface area contributed by atoms with Crippen LogP contribution in [0.25, 0.3) is 0 Å². The second-order valence-corrected chi connectivity index (χ2v) is 6.39. The van der Waals surface area contributed by atoms with E-state index in [1.54, 1.807) is 0 Å². The maximum atomic E-state index is 13.5.